The first kappa shape index (κ1) is 9.74. The smallest absolute Gasteiger partial charge is 0.290 e. The van der Waals surface area contributed by atoms with Crippen LogP contribution in [0.25, 0.3) is 0 Å². The van der Waals surface area contributed by atoms with Gasteiger partial charge in [0.05, 0.1) is 12.8 Å². The third-order valence-corrected chi connectivity index (χ3v) is 2.46. The Morgan fingerprint density at radius 1 is 1.67 bits per heavy atom. The molecule has 1 radical (unpaired) electrons. The maximum Gasteiger partial charge on any atom is 0.290 e. The van der Waals surface area contributed by atoms with Crippen molar-refractivity contribution in [3.8, 4) is 0 Å². The Morgan fingerprint density at radius 3 is 2.83 bits per heavy atom. The summed E-state index contributed by atoms with van der Waals surface area (Å²) >= 11 is 0. The molecule has 0 aromatic heterocycles. The molecule has 67 valence electrons. The van der Waals surface area contributed by atoms with Crippen molar-refractivity contribution in [2.45, 2.75) is 31.7 Å². The van der Waals surface area contributed by atoms with Gasteiger partial charge in [0.15, 0.2) is 0 Å². The lowest BCUT2D eigenvalue weighted by Crippen LogP contribution is -2.38. The van der Waals surface area contributed by atoms with Gasteiger partial charge in [-0.25, -0.2) is 0 Å². The van der Waals surface area contributed by atoms with Gasteiger partial charge in [-0.2, -0.15) is 0 Å². The standard InChI is InChI=1S/C8H15BNO2/c11-5-8(10-9-6-12)4-7-2-1-3-7/h6-8,10-11H,1-5H2. The Bertz CT molecular complexity index is 139. The highest BCUT2D eigenvalue weighted by atomic mass is 16.3. The van der Waals surface area contributed by atoms with Gasteiger partial charge in [-0.05, 0) is 12.3 Å². The monoisotopic (exact) mass is 168 g/mol. The van der Waals surface area contributed by atoms with E-state index in [1.54, 1.807) is 0 Å². The van der Waals surface area contributed by atoms with Gasteiger partial charge in [-0.3, -0.25) is 0 Å². The topological polar surface area (TPSA) is 49.3 Å². The number of nitrogens with one attached hydrogen (secondary N) is 1. The molecule has 1 atom stereocenters. The zero-order valence-corrected chi connectivity index (χ0v) is 7.20. The minimum atomic E-state index is 0.0699. The number of aliphatic hydroxyl groups excluding tert-OH is 1. The number of aliphatic hydroxyl groups is 1. The summed E-state index contributed by atoms with van der Waals surface area (Å²) in [6, 6.07) is 0.0699. The first-order valence-corrected chi connectivity index (χ1v) is 4.50. The molecule has 1 fully saturated rings. The van der Waals surface area contributed by atoms with E-state index >= 15 is 0 Å². The van der Waals surface area contributed by atoms with Crippen molar-refractivity contribution in [1.29, 1.82) is 0 Å². The summed E-state index contributed by atoms with van der Waals surface area (Å²) in [5.41, 5.74) is 0. The van der Waals surface area contributed by atoms with E-state index in [0.29, 0.717) is 6.19 Å². The fraction of sp³-hybridized carbons (Fsp3) is 0.875. The molecule has 1 unspecified atom stereocenters. The molecular weight excluding hydrogens is 153 g/mol. The molecule has 4 heteroatoms. The molecule has 0 aliphatic heterocycles. The molecule has 12 heavy (non-hydrogen) atoms. The van der Waals surface area contributed by atoms with Gasteiger partial charge in [0.2, 0.25) is 0 Å². The van der Waals surface area contributed by atoms with Crippen molar-refractivity contribution in [2.24, 2.45) is 5.92 Å². The summed E-state index contributed by atoms with van der Waals surface area (Å²) in [5, 5.41) is 11.8. The molecular formula is C8H15BNO2. The number of carbonyl (C=O) groups is 1. The van der Waals surface area contributed by atoms with E-state index in [-0.39, 0.29) is 12.6 Å². The van der Waals surface area contributed by atoms with Crippen molar-refractivity contribution < 1.29 is 9.90 Å². The number of hydrogen-bond acceptors (Lipinski definition) is 3. The lowest BCUT2D eigenvalue weighted by molar-refractivity contribution is 0.203. The van der Waals surface area contributed by atoms with E-state index in [4.69, 9.17) is 5.11 Å². The second-order valence-corrected chi connectivity index (χ2v) is 3.38. The average molecular weight is 168 g/mol. The lowest BCUT2D eigenvalue weighted by atomic mass is 9.80. The highest BCUT2D eigenvalue weighted by molar-refractivity contribution is 6.64. The van der Waals surface area contributed by atoms with Crippen LogP contribution in [0.5, 0.6) is 0 Å². The normalized spacial score (nSPS) is 19.8. The van der Waals surface area contributed by atoms with Crippen molar-refractivity contribution >= 4 is 13.6 Å². The maximum atomic E-state index is 9.99. The van der Waals surface area contributed by atoms with Gasteiger partial charge in [-0.1, -0.05) is 19.3 Å². The fourth-order valence-corrected chi connectivity index (χ4v) is 1.50. The van der Waals surface area contributed by atoms with E-state index in [9.17, 15) is 4.79 Å². The van der Waals surface area contributed by atoms with Crippen LogP contribution in [-0.2, 0) is 4.79 Å². The summed E-state index contributed by atoms with van der Waals surface area (Å²) < 4.78 is 0. The number of hydrogen-bond donors (Lipinski definition) is 2. The Kier molecular flexibility index (Phi) is 4.32. The minimum absolute atomic E-state index is 0.0699. The zero-order chi connectivity index (χ0) is 8.81. The highest BCUT2D eigenvalue weighted by Crippen LogP contribution is 2.30. The quantitative estimate of drug-likeness (QED) is 0.431. The molecule has 0 bridgehead atoms. The van der Waals surface area contributed by atoms with Crippen LogP contribution in [0.4, 0.5) is 0 Å². The van der Waals surface area contributed by atoms with Crippen LogP contribution in [0, 0.1) is 5.92 Å². The van der Waals surface area contributed by atoms with E-state index in [1.807, 2.05) is 0 Å². The first-order chi connectivity index (χ1) is 5.86. The first-order valence-electron chi connectivity index (χ1n) is 4.50. The SMILES string of the molecule is O=C[B]NC(CO)CC1CCC1. The Hall–Kier alpha value is -0.345. The summed E-state index contributed by atoms with van der Waals surface area (Å²) in [4.78, 5) is 9.99. The molecule has 1 rings (SSSR count). The molecule has 0 heterocycles. The second-order valence-electron chi connectivity index (χ2n) is 3.38. The summed E-state index contributed by atoms with van der Waals surface area (Å²) in [6.07, 6.45) is 5.57. The number of rotatable bonds is 6. The molecule has 3 nitrogen and oxygen atoms in total. The Morgan fingerprint density at radius 2 is 2.42 bits per heavy atom. The average Bonchev–Trinajstić information content (AvgIpc) is 2.02. The van der Waals surface area contributed by atoms with Crippen LogP contribution in [0.15, 0.2) is 0 Å². The van der Waals surface area contributed by atoms with Gasteiger partial charge in [-0.15, -0.1) is 0 Å². The van der Waals surface area contributed by atoms with Crippen LogP contribution >= 0.6 is 0 Å². The molecule has 1 saturated carbocycles. The molecule has 0 saturated heterocycles. The highest BCUT2D eigenvalue weighted by Gasteiger charge is 2.21. The van der Waals surface area contributed by atoms with E-state index < -0.39 is 0 Å². The third-order valence-electron chi connectivity index (χ3n) is 2.46. The third kappa shape index (κ3) is 2.95. The van der Waals surface area contributed by atoms with Crippen LogP contribution < -0.4 is 5.23 Å². The zero-order valence-electron chi connectivity index (χ0n) is 7.20. The van der Waals surface area contributed by atoms with Crippen molar-refractivity contribution in [2.75, 3.05) is 6.61 Å². The Balaban J connectivity index is 2.10. The molecule has 1 aliphatic carbocycles. The second kappa shape index (κ2) is 5.33. The summed E-state index contributed by atoms with van der Waals surface area (Å²) in [5.74, 6) is 0.759. The van der Waals surface area contributed by atoms with Gasteiger partial charge >= 0.3 is 0 Å². The maximum absolute atomic E-state index is 9.99. The number of carbonyl (C=O) groups excluding carboxylic acids is 1. The molecule has 0 amide bonds. The predicted octanol–water partition coefficient (Wildman–Crippen LogP) is -0.0635. The van der Waals surface area contributed by atoms with Gasteiger partial charge in [0, 0.05) is 6.04 Å². The minimum Gasteiger partial charge on any atom is -0.395 e. The van der Waals surface area contributed by atoms with Crippen LogP contribution in [0.1, 0.15) is 25.7 Å². The molecule has 0 aromatic rings. The van der Waals surface area contributed by atoms with Gasteiger partial charge in [0.1, 0.15) is 0 Å². The van der Waals surface area contributed by atoms with Gasteiger partial charge < -0.3 is 15.1 Å². The van der Waals surface area contributed by atoms with E-state index in [2.05, 4.69) is 5.23 Å². The van der Waals surface area contributed by atoms with Crippen LogP contribution in [-0.4, -0.2) is 31.4 Å². The summed E-state index contributed by atoms with van der Waals surface area (Å²) in [7, 11) is 1.36. The van der Waals surface area contributed by atoms with Crippen LogP contribution in [0.2, 0.25) is 0 Å². The Labute approximate surface area is 73.8 Å². The van der Waals surface area contributed by atoms with Crippen molar-refractivity contribution in [3.63, 3.8) is 0 Å². The van der Waals surface area contributed by atoms with Gasteiger partial charge in [0.25, 0.3) is 7.41 Å². The van der Waals surface area contributed by atoms with Crippen molar-refractivity contribution in [3.05, 3.63) is 0 Å². The largest absolute Gasteiger partial charge is 0.395 e. The molecule has 0 spiro atoms. The molecule has 0 aromatic carbocycles. The summed E-state index contributed by atoms with van der Waals surface area (Å²) in [6.45, 7) is 0.112. The molecule has 2 N–H and O–H groups in total. The molecule has 1 aliphatic rings. The predicted molar refractivity (Wildman–Crippen MR) is 48.5 cm³/mol. The van der Waals surface area contributed by atoms with Crippen LogP contribution in [0.3, 0.4) is 0 Å². The lowest BCUT2D eigenvalue weighted by Gasteiger charge is -2.29. The van der Waals surface area contributed by atoms with E-state index in [0.717, 1.165) is 12.3 Å². The van der Waals surface area contributed by atoms with Crippen molar-refractivity contribution in [1.82, 2.24) is 5.23 Å². The fourth-order valence-electron chi connectivity index (χ4n) is 1.50. The van der Waals surface area contributed by atoms with E-state index in [1.165, 1.54) is 26.7 Å².